The van der Waals surface area contributed by atoms with Crippen LogP contribution in [-0.4, -0.2) is 124 Å². The van der Waals surface area contributed by atoms with Crippen molar-refractivity contribution in [2.24, 2.45) is 17.3 Å². The van der Waals surface area contributed by atoms with Gasteiger partial charge in [-0.25, -0.2) is 9.59 Å². The number of aryl methyl sites for hydroxylation is 1. The zero-order valence-electron chi connectivity index (χ0n) is 35.4. The summed E-state index contributed by atoms with van der Waals surface area (Å²) >= 11 is 0. The second-order valence-electron chi connectivity index (χ2n) is 16.4. The monoisotopic (exact) mass is 867 g/mol. The molecule has 334 valence electrons. The molecule has 0 amide bonds. The van der Waals surface area contributed by atoms with Crippen LogP contribution in [0.2, 0.25) is 0 Å². The molecule has 2 saturated carbocycles. The molecule has 4 aliphatic rings. The van der Waals surface area contributed by atoms with Crippen LogP contribution < -0.4 is 0 Å². The van der Waals surface area contributed by atoms with Crippen molar-refractivity contribution in [2.75, 3.05) is 13.2 Å². The summed E-state index contributed by atoms with van der Waals surface area (Å²) in [6, 6.07) is 10.4. The summed E-state index contributed by atoms with van der Waals surface area (Å²) in [6.45, 7) is 7.17. The van der Waals surface area contributed by atoms with E-state index in [9.17, 15) is 43.5 Å². The summed E-state index contributed by atoms with van der Waals surface area (Å²) < 4.78 is 55.4. The number of fused-ring (bicyclic) bond motifs is 5. The lowest BCUT2D eigenvalue weighted by Crippen LogP contribution is -2.89. The molecule has 2 aliphatic heterocycles. The van der Waals surface area contributed by atoms with Crippen LogP contribution in [-0.2, 0) is 77.8 Å². The van der Waals surface area contributed by atoms with E-state index in [1.54, 1.807) is 6.07 Å². The van der Waals surface area contributed by atoms with Crippen LogP contribution >= 0.6 is 0 Å². The maximum Gasteiger partial charge on any atom is 0.340 e. The molecule has 2 aromatic rings. The highest BCUT2D eigenvalue weighted by Gasteiger charge is 2.92. The van der Waals surface area contributed by atoms with E-state index < -0.39 is 132 Å². The lowest BCUT2D eigenvalue weighted by molar-refractivity contribution is -0.385. The summed E-state index contributed by atoms with van der Waals surface area (Å²) in [6.07, 6.45) is -10.6. The number of aromatic nitrogens is 1. The van der Waals surface area contributed by atoms with Crippen LogP contribution in [0, 0.1) is 17.3 Å². The van der Waals surface area contributed by atoms with Crippen LogP contribution in [0.15, 0.2) is 48.7 Å². The highest BCUT2D eigenvalue weighted by Crippen LogP contribution is 2.70. The Balaban J connectivity index is 1.79. The highest BCUT2D eigenvalue weighted by atomic mass is 16.7. The average Bonchev–Trinajstić information content (AvgIpc) is 3.41. The van der Waals surface area contributed by atoms with Gasteiger partial charge in [0, 0.05) is 40.8 Å². The van der Waals surface area contributed by atoms with Crippen molar-refractivity contribution in [1.29, 1.82) is 0 Å². The van der Waals surface area contributed by atoms with E-state index in [1.807, 2.05) is 0 Å². The molecule has 7 unspecified atom stereocenters. The first kappa shape index (κ1) is 45.6. The molecule has 1 aromatic carbocycles. The fraction of sp³-hybridized carbons (Fsp3) is 0.558. The van der Waals surface area contributed by atoms with Crippen molar-refractivity contribution in [3.63, 3.8) is 0 Å². The van der Waals surface area contributed by atoms with Gasteiger partial charge < -0.3 is 47.7 Å². The van der Waals surface area contributed by atoms with E-state index in [-0.39, 0.29) is 29.7 Å². The number of hydrogen-bond donors (Lipinski definition) is 1. The van der Waals surface area contributed by atoms with E-state index in [1.165, 1.54) is 56.4 Å². The van der Waals surface area contributed by atoms with Crippen molar-refractivity contribution in [2.45, 2.75) is 122 Å². The molecule has 62 heavy (non-hydrogen) atoms. The summed E-state index contributed by atoms with van der Waals surface area (Å²) in [7, 11) is 0. The molecule has 19 nitrogen and oxygen atoms in total. The Kier molecular flexibility index (Phi) is 12.6. The number of carbonyl (C=O) groups is 8. The number of benzene rings is 1. The van der Waals surface area contributed by atoms with Gasteiger partial charge in [-0.1, -0.05) is 25.1 Å². The molecule has 1 spiro atoms. The Bertz CT molecular complexity index is 2140. The predicted molar refractivity (Wildman–Crippen MR) is 205 cm³/mol. The largest absolute Gasteiger partial charge is 0.465 e. The quantitative estimate of drug-likeness (QED) is 0.295. The predicted octanol–water partition coefficient (Wildman–Crippen LogP) is 2.16. The van der Waals surface area contributed by atoms with Crippen LogP contribution in [0.5, 0.6) is 0 Å². The van der Waals surface area contributed by atoms with Gasteiger partial charge >= 0.3 is 47.8 Å². The Hall–Kier alpha value is -5.95. The number of nitrogens with zero attached hydrogens (tertiary/aromatic N) is 1. The van der Waals surface area contributed by atoms with Crippen molar-refractivity contribution in [3.8, 4) is 0 Å². The molecular formula is C43H49NO18. The van der Waals surface area contributed by atoms with Gasteiger partial charge in [-0.3, -0.25) is 33.8 Å². The van der Waals surface area contributed by atoms with Gasteiger partial charge in [0.1, 0.15) is 42.0 Å². The number of hydrogen-bond acceptors (Lipinski definition) is 19. The minimum absolute atomic E-state index is 0.0225. The molecule has 1 saturated heterocycles. The van der Waals surface area contributed by atoms with Gasteiger partial charge in [0.25, 0.3) is 0 Å². The first-order valence-electron chi connectivity index (χ1n) is 19.9. The lowest BCUT2D eigenvalue weighted by atomic mass is 9.45. The van der Waals surface area contributed by atoms with Crippen molar-refractivity contribution < 1.29 is 86.1 Å². The van der Waals surface area contributed by atoms with Crippen LogP contribution in [0.25, 0.3) is 0 Å². The Morgan fingerprint density at radius 1 is 0.774 bits per heavy atom. The van der Waals surface area contributed by atoms with Gasteiger partial charge in [-0.15, -0.1) is 0 Å². The maximum absolute atomic E-state index is 14.4. The molecule has 4 bridgehead atoms. The first-order valence-corrected chi connectivity index (χ1v) is 19.9. The first-order chi connectivity index (χ1) is 29.1. The number of aliphatic hydroxyl groups is 1. The van der Waals surface area contributed by atoms with Crippen molar-refractivity contribution >= 4 is 47.8 Å². The topological polar surface area (TPSA) is 253 Å². The van der Waals surface area contributed by atoms with E-state index in [2.05, 4.69) is 4.98 Å². The smallest absolute Gasteiger partial charge is 0.340 e. The third-order valence-corrected chi connectivity index (χ3v) is 12.1. The van der Waals surface area contributed by atoms with Crippen LogP contribution in [0.3, 0.4) is 0 Å². The van der Waals surface area contributed by atoms with Crippen molar-refractivity contribution in [3.05, 3.63) is 65.5 Å². The second-order valence-corrected chi connectivity index (χ2v) is 16.4. The molecule has 19 heteroatoms. The lowest BCUT2D eigenvalue weighted by Gasteiger charge is -2.67. The third kappa shape index (κ3) is 7.76. The van der Waals surface area contributed by atoms with E-state index in [0.29, 0.717) is 0 Å². The van der Waals surface area contributed by atoms with E-state index in [0.717, 1.165) is 41.5 Å². The van der Waals surface area contributed by atoms with Crippen LogP contribution in [0.4, 0.5) is 0 Å². The standard InChI is InChI=1S/C43H49NO18/c1-21-16-17-29-28(15-12-18-44-29)39(52)55-19-40(7)30-31(56-23(3)46)35(59-26(6)49)42(20-54-22(2)45)36(61-38(51)27-13-10-9-11-14-27)32(57-24(4)47)34(60-37(21)50)41(8,53)43(42,62-40)33(30)58-25(5)48/h9-15,18,21,30-36,53H,16-17,19-20H2,1-8H3/t21-,30?,31?,32?,33+,34-,35?,36?,40-,41-,42?,43?/m0/s1. The maximum atomic E-state index is 14.4. The number of pyridine rings is 1. The Morgan fingerprint density at radius 3 is 1.98 bits per heavy atom. The Labute approximate surface area is 355 Å². The van der Waals surface area contributed by atoms with Gasteiger partial charge in [0.2, 0.25) is 0 Å². The summed E-state index contributed by atoms with van der Waals surface area (Å²) in [4.78, 5) is 113. The minimum Gasteiger partial charge on any atom is -0.465 e. The highest BCUT2D eigenvalue weighted by molar-refractivity contribution is 5.91. The fourth-order valence-corrected chi connectivity index (χ4v) is 9.74. The van der Waals surface area contributed by atoms with Crippen LogP contribution in [0.1, 0.15) is 88.2 Å². The third-order valence-electron chi connectivity index (χ3n) is 12.1. The molecule has 0 radical (unpaired) electrons. The number of rotatable bonds is 8. The van der Waals surface area contributed by atoms with Crippen molar-refractivity contribution in [1.82, 2.24) is 4.98 Å². The molecule has 1 aromatic heterocycles. The molecule has 3 fully saturated rings. The van der Waals surface area contributed by atoms with Gasteiger partial charge in [-0.05, 0) is 51.0 Å². The molecular weight excluding hydrogens is 818 g/mol. The molecule has 2 aliphatic carbocycles. The number of esters is 8. The summed E-state index contributed by atoms with van der Waals surface area (Å²) in [5.41, 5.74) is -10.2. The summed E-state index contributed by atoms with van der Waals surface area (Å²) in [5, 5.41) is 13.6. The van der Waals surface area contributed by atoms with Gasteiger partial charge in [0.05, 0.1) is 28.7 Å². The Morgan fingerprint density at radius 2 is 1.37 bits per heavy atom. The molecule has 12 atom stereocenters. The molecule has 6 rings (SSSR count). The van der Waals surface area contributed by atoms with E-state index in [4.69, 9.17) is 42.6 Å². The van der Waals surface area contributed by atoms with E-state index >= 15 is 0 Å². The van der Waals surface area contributed by atoms with Gasteiger partial charge in [0.15, 0.2) is 30.0 Å². The average molecular weight is 868 g/mol. The normalized spacial score (nSPS) is 35.0. The zero-order chi connectivity index (χ0) is 45.5. The number of carbonyl (C=O) groups excluding carboxylic acids is 8. The zero-order valence-corrected chi connectivity index (χ0v) is 35.4. The second kappa shape index (κ2) is 17.1. The van der Waals surface area contributed by atoms with Gasteiger partial charge in [-0.2, -0.15) is 0 Å². The SMILES string of the molecule is CC(=O)OCC12C(OC(C)=O)C(OC(C)=O)C3[C@@H](OC(C)=O)C14O[C@@]3(C)COC(=O)c1cccnc1CC[C@H](C)C(=O)O[C@@H](C(OC(C)=O)C2OC(=O)c1ccccc1)[C@]4(C)O. The fourth-order valence-electron chi connectivity index (χ4n) is 9.74. The molecule has 1 N–H and O–H groups in total. The molecule has 3 heterocycles. The summed E-state index contributed by atoms with van der Waals surface area (Å²) in [5.74, 6) is -10.7. The number of ether oxygens (including phenoxy) is 9. The number of cyclic esters (lactones) is 1. The minimum atomic E-state index is -2.84.